The molecule has 0 aliphatic carbocycles. The highest BCUT2D eigenvalue weighted by atomic mass is 35.5. The summed E-state index contributed by atoms with van der Waals surface area (Å²) >= 11 is 11.9. The van der Waals surface area contributed by atoms with Crippen LogP contribution in [0.25, 0.3) is 11.0 Å². The Morgan fingerprint density at radius 1 is 1.16 bits per heavy atom. The molecule has 0 saturated carbocycles. The Kier molecular flexibility index (Phi) is 6.93. The molecular formula is C22H24Cl2N6O2. The van der Waals surface area contributed by atoms with Gasteiger partial charge in [-0.3, -0.25) is 4.79 Å². The Balaban J connectivity index is 1.45. The number of amides is 1. The molecule has 10 heteroatoms. The number of aryl methyl sites for hydroxylation is 1. The summed E-state index contributed by atoms with van der Waals surface area (Å²) in [5.74, 6) is 0.753. The van der Waals surface area contributed by atoms with Crippen molar-refractivity contribution in [3.8, 4) is 5.75 Å². The Morgan fingerprint density at radius 2 is 2.00 bits per heavy atom. The SMILES string of the molecule is Cc1nc(N2CCCN(C)CC2)nc2ncc(NC(=O)COc3ccc(Cl)cc3Cl)cc12. The first-order chi connectivity index (χ1) is 15.4. The summed E-state index contributed by atoms with van der Waals surface area (Å²) in [6, 6.07) is 6.65. The zero-order chi connectivity index (χ0) is 22.7. The van der Waals surface area contributed by atoms with Crippen molar-refractivity contribution >= 4 is 51.8 Å². The molecule has 0 radical (unpaired) electrons. The average Bonchev–Trinajstić information content (AvgIpc) is 2.98. The average molecular weight is 475 g/mol. The van der Waals surface area contributed by atoms with Crippen molar-refractivity contribution in [1.29, 1.82) is 0 Å². The Hall–Kier alpha value is -2.68. The van der Waals surface area contributed by atoms with E-state index in [0.717, 1.165) is 43.7 Å². The van der Waals surface area contributed by atoms with E-state index in [1.165, 1.54) is 0 Å². The van der Waals surface area contributed by atoms with E-state index in [0.29, 0.717) is 33.1 Å². The number of benzene rings is 1. The van der Waals surface area contributed by atoms with Crippen LogP contribution < -0.4 is 15.0 Å². The molecule has 0 atom stereocenters. The first kappa shape index (κ1) is 22.5. The van der Waals surface area contributed by atoms with Crippen LogP contribution in [0.5, 0.6) is 5.75 Å². The predicted octanol–water partition coefficient (Wildman–Crippen LogP) is 3.80. The second-order valence-electron chi connectivity index (χ2n) is 7.76. The van der Waals surface area contributed by atoms with Gasteiger partial charge >= 0.3 is 0 Å². The molecular weight excluding hydrogens is 451 g/mol. The smallest absolute Gasteiger partial charge is 0.262 e. The van der Waals surface area contributed by atoms with Crippen LogP contribution in [-0.2, 0) is 4.79 Å². The third-order valence-electron chi connectivity index (χ3n) is 5.27. The maximum Gasteiger partial charge on any atom is 0.262 e. The van der Waals surface area contributed by atoms with Crippen LogP contribution in [0.2, 0.25) is 10.0 Å². The second kappa shape index (κ2) is 9.85. The van der Waals surface area contributed by atoms with Gasteiger partial charge in [0.15, 0.2) is 12.3 Å². The van der Waals surface area contributed by atoms with Gasteiger partial charge in [-0.15, -0.1) is 0 Å². The van der Waals surface area contributed by atoms with Crippen LogP contribution in [0.4, 0.5) is 11.6 Å². The summed E-state index contributed by atoms with van der Waals surface area (Å²) in [6.45, 7) is 5.57. The molecule has 1 aliphatic heterocycles. The number of ether oxygens (including phenoxy) is 1. The van der Waals surface area contributed by atoms with E-state index in [-0.39, 0.29) is 12.5 Å². The lowest BCUT2D eigenvalue weighted by Crippen LogP contribution is -2.30. The number of nitrogens with zero attached hydrogens (tertiary/aromatic N) is 5. The number of carbonyl (C=O) groups is 1. The van der Waals surface area contributed by atoms with Crippen molar-refractivity contribution in [3.05, 3.63) is 46.2 Å². The van der Waals surface area contributed by atoms with Gasteiger partial charge in [-0.25, -0.2) is 9.97 Å². The van der Waals surface area contributed by atoms with Gasteiger partial charge in [0.05, 0.1) is 22.6 Å². The molecule has 1 amide bonds. The number of aromatic nitrogens is 3. The molecule has 32 heavy (non-hydrogen) atoms. The van der Waals surface area contributed by atoms with Crippen LogP contribution in [0.15, 0.2) is 30.5 Å². The molecule has 8 nitrogen and oxygen atoms in total. The number of anilines is 2. The zero-order valence-corrected chi connectivity index (χ0v) is 19.4. The van der Waals surface area contributed by atoms with E-state index in [2.05, 4.69) is 32.1 Å². The molecule has 2 aromatic heterocycles. The lowest BCUT2D eigenvalue weighted by Gasteiger charge is -2.21. The van der Waals surface area contributed by atoms with Crippen LogP contribution in [0.3, 0.4) is 0 Å². The van der Waals surface area contributed by atoms with Gasteiger partial charge in [0.25, 0.3) is 5.91 Å². The molecule has 1 aromatic carbocycles. The summed E-state index contributed by atoms with van der Waals surface area (Å²) in [6.07, 6.45) is 2.65. The Bertz CT molecular complexity index is 1140. The van der Waals surface area contributed by atoms with E-state index < -0.39 is 0 Å². The normalized spacial score (nSPS) is 14.9. The predicted molar refractivity (Wildman–Crippen MR) is 127 cm³/mol. The first-order valence-electron chi connectivity index (χ1n) is 10.3. The summed E-state index contributed by atoms with van der Waals surface area (Å²) in [7, 11) is 2.13. The maximum absolute atomic E-state index is 12.3. The van der Waals surface area contributed by atoms with Crippen molar-refractivity contribution in [2.45, 2.75) is 13.3 Å². The minimum Gasteiger partial charge on any atom is -0.482 e. The van der Waals surface area contributed by atoms with E-state index in [4.69, 9.17) is 32.9 Å². The van der Waals surface area contributed by atoms with Gasteiger partial charge < -0.3 is 19.9 Å². The van der Waals surface area contributed by atoms with Crippen molar-refractivity contribution < 1.29 is 9.53 Å². The van der Waals surface area contributed by atoms with Gasteiger partial charge in [0, 0.05) is 30.0 Å². The summed E-state index contributed by atoms with van der Waals surface area (Å²) < 4.78 is 5.48. The van der Waals surface area contributed by atoms with E-state index in [9.17, 15) is 4.79 Å². The number of carbonyl (C=O) groups excluding carboxylic acids is 1. The number of hydrogen-bond donors (Lipinski definition) is 1. The largest absolute Gasteiger partial charge is 0.482 e. The van der Waals surface area contributed by atoms with Crippen LogP contribution in [-0.4, -0.2) is 65.6 Å². The molecule has 4 rings (SSSR count). The fraction of sp³-hybridized carbons (Fsp3) is 0.364. The molecule has 168 valence electrons. The Morgan fingerprint density at radius 3 is 2.81 bits per heavy atom. The number of nitrogens with one attached hydrogen (secondary N) is 1. The molecule has 3 aromatic rings. The lowest BCUT2D eigenvalue weighted by molar-refractivity contribution is -0.118. The van der Waals surface area contributed by atoms with E-state index >= 15 is 0 Å². The highest BCUT2D eigenvalue weighted by Crippen LogP contribution is 2.27. The number of pyridine rings is 1. The molecule has 0 unspecified atom stereocenters. The topological polar surface area (TPSA) is 83.5 Å². The Labute approximate surface area is 196 Å². The lowest BCUT2D eigenvalue weighted by atomic mass is 10.2. The standard InChI is InChI=1S/C22H24Cl2N6O2/c1-14-17-11-16(27-20(31)13-32-19-5-4-15(23)10-18(19)24)12-25-21(17)28-22(26-14)30-7-3-6-29(2)8-9-30/h4-5,10-12H,3,6-9,13H2,1-2H3,(H,27,31). The molecule has 1 N–H and O–H groups in total. The van der Waals surface area contributed by atoms with Gasteiger partial charge in [-0.05, 0) is 51.2 Å². The summed E-state index contributed by atoms with van der Waals surface area (Å²) in [5.41, 5.74) is 1.96. The quantitative estimate of drug-likeness (QED) is 0.601. The second-order valence-corrected chi connectivity index (χ2v) is 8.60. The minimum atomic E-state index is -0.332. The summed E-state index contributed by atoms with van der Waals surface area (Å²) in [5, 5.41) is 4.42. The zero-order valence-electron chi connectivity index (χ0n) is 17.9. The monoisotopic (exact) mass is 474 g/mol. The maximum atomic E-state index is 12.3. The number of likely N-dealkylation sites (N-methyl/N-ethyl adjacent to an activating group) is 1. The van der Waals surface area contributed by atoms with Crippen LogP contribution >= 0.6 is 23.2 Å². The highest BCUT2D eigenvalue weighted by Gasteiger charge is 2.17. The number of rotatable bonds is 5. The van der Waals surface area contributed by atoms with Crippen molar-refractivity contribution in [2.24, 2.45) is 0 Å². The van der Waals surface area contributed by atoms with E-state index in [1.54, 1.807) is 24.4 Å². The fourth-order valence-electron chi connectivity index (χ4n) is 3.53. The molecule has 0 spiro atoms. The number of fused-ring (bicyclic) bond motifs is 1. The van der Waals surface area contributed by atoms with Crippen molar-refractivity contribution in [3.63, 3.8) is 0 Å². The van der Waals surface area contributed by atoms with Gasteiger partial charge in [-0.1, -0.05) is 23.2 Å². The molecule has 0 bridgehead atoms. The van der Waals surface area contributed by atoms with Crippen molar-refractivity contribution in [1.82, 2.24) is 19.9 Å². The van der Waals surface area contributed by atoms with E-state index in [1.807, 2.05) is 13.0 Å². The van der Waals surface area contributed by atoms with Crippen molar-refractivity contribution in [2.75, 3.05) is 50.1 Å². The fourth-order valence-corrected chi connectivity index (χ4v) is 3.99. The third kappa shape index (κ3) is 5.38. The van der Waals surface area contributed by atoms with Gasteiger partial charge in [0.2, 0.25) is 5.95 Å². The van der Waals surface area contributed by atoms with Crippen LogP contribution in [0.1, 0.15) is 12.1 Å². The van der Waals surface area contributed by atoms with Crippen LogP contribution in [0, 0.1) is 6.92 Å². The molecule has 1 aliphatic rings. The first-order valence-corrected chi connectivity index (χ1v) is 11.1. The summed E-state index contributed by atoms with van der Waals surface area (Å²) in [4.78, 5) is 30.7. The third-order valence-corrected chi connectivity index (χ3v) is 5.80. The number of hydrogen-bond acceptors (Lipinski definition) is 7. The molecule has 1 saturated heterocycles. The minimum absolute atomic E-state index is 0.197. The molecule has 3 heterocycles. The highest BCUT2D eigenvalue weighted by molar-refractivity contribution is 6.35. The number of halogens is 2. The van der Waals surface area contributed by atoms with Gasteiger partial charge in [-0.2, -0.15) is 4.98 Å². The molecule has 1 fully saturated rings. The van der Waals surface area contributed by atoms with Gasteiger partial charge in [0.1, 0.15) is 5.75 Å².